The molecule has 0 aromatic carbocycles. The van der Waals surface area contributed by atoms with Crippen molar-refractivity contribution in [3.05, 3.63) is 0 Å². The Balaban J connectivity index is 3.34. The molecule has 8 heteroatoms. The van der Waals surface area contributed by atoms with Gasteiger partial charge in [-0.3, -0.25) is 9.59 Å². The molecule has 0 heterocycles. The van der Waals surface area contributed by atoms with E-state index in [1.165, 1.54) is 116 Å². The smallest absolute Gasteiger partial charge is 0.333 e. The number of carbonyl (C=O) groups excluding carboxylic acids is 2. The zero-order valence-electron chi connectivity index (χ0n) is 24.7. The van der Waals surface area contributed by atoms with Crippen molar-refractivity contribution in [3.63, 3.8) is 0 Å². The van der Waals surface area contributed by atoms with Gasteiger partial charge in [0.05, 0.1) is 6.42 Å². The van der Waals surface area contributed by atoms with Gasteiger partial charge in [0, 0.05) is 6.42 Å². The van der Waals surface area contributed by atoms with Crippen LogP contribution in [-0.4, -0.2) is 58.6 Å². The number of aliphatic hydroxyl groups excluding tert-OH is 2. The molecule has 39 heavy (non-hydrogen) atoms. The molecule has 0 rings (SSSR count). The molecule has 0 bridgehead atoms. The van der Waals surface area contributed by atoms with Crippen LogP contribution in [0.2, 0.25) is 0 Å². The summed E-state index contributed by atoms with van der Waals surface area (Å²) in [6.07, 6.45) is 24.0. The third kappa shape index (κ3) is 27.7. The minimum Gasteiger partial charge on any atom is -0.479 e. The van der Waals surface area contributed by atoms with E-state index in [0.717, 1.165) is 19.3 Å². The SMILES string of the molecule is CCCCCCCCCCCCCCCCCCCCCCCC(=O)OCC(O)COC(=O)C[C@@H](O)C(=O)O. The number of carboxylic acids is 1. The molecular weight excluding hydrogens is 500 g/mol. The third-order valence-electron chi connectivity index (χ3n) is 7.00. The molecule has 3 N–H and O–H groups in total. The molecule has 0 radical (unpaired) electrons. The Bertz CT molecular complexity index is 595. The van der Waals surface area contributed by atoms with E-state index < -0.39 is 43.1 Å². The standard InChI is InChI=1S/C31H58O8/c1-2-3-4-5-6-7-8-9-10-11-12-13-14-15-16-17-18-19-20-21-22-23-29(34)38-25-27(32)26-39-30(35)24-28(33)31(36)37/h27-28,32-33H,2-26H2,1H3,(H,36,37)/t27?,28-/m1/s1. The molecule has 1 unspecified atom stereocenters. The van der Waals surface area contributed by atoms with Crippen LogP contribution < -0.4 is 0 Å². The van der Waals surface area contributed by atoms with Crippen LogP contribution in [0.15, 0.2) is 0 Å². The van der Waals surface area contributed by atoms with Crippen LogP contribution in [0.1, 0.15) is 155 Å². The highest BCUT2D eigenvalue weighted by molar-refractivity contribution is 5.80. The van der Waals surface area contributed by atoms with E-state index in [2.05, 4.69) is 11.7 Å². The van der Waals surface area contributed by atoms with Crippen molar-refractivity contribution in [2.24, 2.45) is 0 Å². The Morgan fingerprint density at radius 3 is 1.23 bits per heavy atom. The zero-order valence-corrected chi connectivity index (χ0v) is 24.7. The summed E-state index contributed by atoms with van der Waals surface area (Å²) in [6, 6.07) is 0. The summed E-state index contributed by atoms with van der Waals surface area (Å²) in [6.45, 7) is 1.54. The molecule has 0 spiro atoms. The fourth-order valence-corrected chi connectivity index (χ4v) is 4.50. The molecule has 0 saturated heterocycles. The van der Waals surface area contributed by atoms with Gasteiger partial charge in [0.1, 0.15) is 19.3 Å². The molecule has 0 saturated carbocycles. The number of carboxylic acid groups (broad SMARTS) is 1. The first kappa shape index (κ1) is 37.3. The number of hydrogen-bond donors (Lipinski definition) is 3. The van der Waals surface area contributed by atoms with Crippen LogP contribution in [0.3, 0.4) is 0 Å². The van der Waals surface area contributed by atoms with Crippen LogP contribution in [-0.2, 0) is 23.9 Å². The molecule has 0 aliphatic heterocycles. The van der Waals surface area contributed by atoms with Crippen molar-refractivity contribution in [3.8, 4) is 0 Å². The minimum absolute atomic E-state index is 0.288. The summed E-state index contributed by atoms with van der Waals surface area (Å²) < 4.78 is 9.64. The van der Waals surface area contributed by atoms with E-state index in [-0.39, 0.29) is 13.0 Å². The molecule has 8 nitrogen and oxygen atoms in total. The van der Waals surface area contributed by atoms with Crippen molar-refractivity contribution < 1.29 is 39.2 Å². The largest absolute Gasteiger partial charge is 0.479 e. The van der Waals surface area contributed by atoms with Gasteiger partial charge in [-0.2, -0.15) is 0 Å². The lowest BCUT2D eigenvalue weighted by Crippen LogP contribution is -2.28. The van der Waals surface area contributed by atoms with E-state index in [0.29, 0.717) is 0 Å². The second kappa shape index (κ2) is 27.9. The van der Waals surface area contributed by atoms with Crippen LogP contribution in [0, 0.1) is 0 Å². The molecule has 0 fully saturated rings. The second-order valence-corrected chi connectivity index (χ2v) is 10.9. The van der Waals surface area contributed by atoms with Gasteiger partial charge in [-0.25, -0.2) is 4.79 Å². The molecule has 2 atom stereocenters. The predicted octanol–water partition coefficient (Wildman–Crippen LogP) is 6.87. The summed E-state index contributed by atoms with van der Waals surface area (Å²) >= 11 is 0. The summed E-state index contributed by atoms with van der Waals surface area (Å²) in [4.78, 5) is 33.6. The number of hydrogen-bond acceptors (Lipinski definition) is 7. The Kier molecular flexibility index (Phi) is 26.7. The molecule has 0 aromatic rings. The van der Waals surface area contributed by atoms with Gasteiger partial charge in [-0.15, -0.1) is 0 Å². The van der Waals surface area contributed by atoms with Crippen molar-refractivity contribution in [1.82, 2.24) is 0 Å². The number of aliphatic carboxylic acids is 1. The maximum absolute atomic E-state index is 11.8. The van der Waals surface area contributed by atoms with E-state index in [1.807, 2.05) is 0 Å². The maximum Gasteiger partial charge on any atom is 0.333 e. The van der Waals surface area contributed by atoms with Crippen LogP contribution in [0.5, 0.6) is 0 Å². The Labute approximate surface area is 237 Å². The highest BCUT2D eigenvalue weighted by Gasteiger charge is 2.20. The van der Waals surface area contributed by atoms with Crippen LogP contribution >= 0.6 is 0 Å². The number of aliphatic hydroxyl groups is 2. The predicted molar refractivity (Wildman–Crippen MR) is 153 cm³/mol. The lowest BCUT2D eigenvalue weighted by Gasteiger charge is -2.12. The van der Waals surface area contributed by atoms with Crippen LogP contribution in [0.25, 0.3) is 0 Å². The number of rotatable bonds is 29. The number of esters is 2. The monoisotopic (exact) mass is 558 g/mol. The van der Waals surface area contributed by atoms with E-state index in [1.54, 1.807) is 0 Å². The normalized spacial score (nSPS) is 12.7. The number of carbonyl (C=O) groups is 3. The maximum atomic E-state index is 11.8. The van der Waals surface area contributed by atoms with E-state index >= 15 is 0 Å². The van der Waals surface area contributed by atoms with Gasteiger partial charge in [0.15, 0.2) is 6.10 Å². The Hall–Kier alpha value is -1.67. The summed E-state index contributed by atoms with van der Waals surface area (Å²) in [5.41, 5.74) is 0. The quantitative estimate of drug-likeness (QED) is 0.0669. The van der Waals surface area contributed by atoms with Gasteiger partial charge >= 0.3 is 17.9 Å². The molecule has 230 valence electrons. The van der Waals surface area contributed by atoms with Crippen molar-refractivity contribution in [2.45, 2.75) is 167 Å². The molecule has 0 aliphatic rings. The second-order valence-electron chi connectivity index (χ2n) is 10.9. The minimum atomic E-state index is -1.85. The summed E-state index contributed by atoms with van der Waals surface area (Å²) in [5, 5.41) is 27.3. The van der Waals surface area contributed by atoms with Gasteiger partial charge < -0.3 is 24.8 Å². The lowest BCUT2D eigenvalue weighted by molar-refractivity contribution is -0.159. The lowest BCUT2D eigenvalue weighted by atomic mass is 10.0. The van der Waals surface area contributed by atoms with Gasteiger partial charge in [-0.1, -0.05) is 135 Å². The average Bonchev–Trinajstić information content (AvgIpc) is 2.91. The zero-order chi connectivity index (χ0) is 29.0. The Morgan fingerprint density at radius 2 is 0.872 bits per heavy atom. The highest BCUT2D eigenvalue weighted by atomic mass is 16.6. The Morgan fingerprint density at radius 1 is 0.538 bits per heavy atom. The first-order valence-corrected chi connectivity index (χ1v) is 15.8. The molecular formula is C31H58O8. The molecule has 0 aromatic heterocycles. The van der Waals surface area contributed by atoms with Gasteiger partial charge in [0.2, 0.25) is 0 Å². The van der Waals surface area contributed by atoms with Gasteiger partial charge in [0.25, 0.3) is 0 Å². The number of ether oxygens (including phenoxy) is 2. The van der Waals surface area contributed by atoms with Crippen molar-refractivity contribution in [2.75, 3.05) is 13.2 Å². The third-order valence-corrected chi connectivity index (χ3v) is 7.00. The fourth-order valence-electron chi connectivity index (χ4n) is 4.50. The topological polar surface area (TPSA) is 130 Å². The van der Waals surface area contributed by atoms with Crippen LogP contribution in [0.4, 0.5) is 0 Å². The molecule has 0 aliphatic carbocycles. The summed E-state index contributed by atoms with van der Waals surface area (Å²) in [5.74, 6) is -2.88. The fraction of sp³-hybridized carbons (Fsp3) is 0.903. The van der Waals surface area contributed by atoms with Crippen molar-refractivity contribution in [1.29, 1.82) is 0 Å². The van der Waals surface area contributed by atoms with Gasteiger partial charge in [-0.05, 0) is 6.42 Å². The van der Waals surface area contributed by atoms with E-state index in [4.69, 9.17) is 14.9 Å². The highest BCUT2D eigenvalue weighted by Crippen LogP contribution is 2.15. The number of unbranched alkanes of at least 4 members (excludes halogenated alkanes) is 20. The van der Waals surface area contributed by atoms with E-state index in [9.17, 15) is 19.5 Å². The first-order valence-electron chi connectivity index (χ1n) is 15.8. The molecule has 0 amide bonds. The van der Waals surface area contributed by atoms with Crippen molar-refractivity contribution >= 4 is 17.9 Å². The summed E-state index contributed by atoms with van der Waals surface area (Å²) in [7, 11) is 0. The average molecular weight is 559 g/mol. The first-order chi connectivity index (χ1) is 18.9.